The van der Waals surface area contributed by atoms with Gasteiger partial charge in [0.05, 0.1) is 22.1 Å². The summed E-state index contributed by atoms with van der Waals surface area (Å²) in [6.45, 7) is 4.68. The first kappa shape index (κ1) is 24.8. The first-order chi connectivity index (χ1) is 16.2. The van der Waals surface area contributed by atoms with Crippen LogP contribution in [0.4, 0.5) is 4.79 Å². The van der Waals surface area contributed by atoms with Gasteiger partial charge in [0.25, 0.3) is 0 Å². The number of nitrogens with zero attached hydrogens (tertiary/aromatic N) is 5. The van der Waals surface area contributed by atoms with Crippen molar-refractivity contribution in [2.45, 2.75) is 38.8 Å². The van der Waals surface area contributed by atoms with Crippen LogP contribution in [0, 0.1) is 22.7 Å². The molecule has 0 radical (unpaired) electrons. The van der Waals surface area contributed by atoms with E-state index in [1.54, 1.807) is 49.7 Å². The standard InChI is InChI=1S/C22H20N6O4S2/c1-22(2,3)32-21(30)28-16(20(29)31-8-7-23)9-18-27-17(12-33-18)14-5-4-6-15(26-14)19-25-13(10-24)11-34-19/h4-6,11-12,16H,8-9H2,1-3H3,(H,28,30)/t16-/m0/s1. The van der Waals surface area contributed by atoms with Gasteiger partial charge >= 0.3 is 12.1 Å². The first-order valence-corrected chi connectivity index (χ1v) is 11.8. The lowest BCUT2D eigenvalue weighted by molar-refractivity contribution is -0.144. The zero-order valence-corrected chi connectivity index (χ0v) is 20.2. The fourth-order valence-corrected chi connectivity index (χ4v) is 4.23. The number of aromatic nitrogens is 3. The van der Waals surface area contributed by atoms with E-state index in [0.717, 1.165) is 0 Å². The quantitative estimate of drug-likeness (QED) is 0.483. The van der Waals surface area contributed by atoms with Gasteiger partial charge in [-0.1, -0.05) is 6.07 Å². The van der Waals surface area contributed by atoms with Crippen molar-refractivity contribution in [1.82, 2.24) is 20.3 Å². The molecule has 0 fully saturated rings. The highest BCUT2D eigenvalue weighted by Gasteiger charge is 2.27. The van der Waals surface area contributed by atoms with Gasteiger partial charge in [0, 0.05) is 17.2 Å². The highest BCUT2D eigenvalue weighted by molar-refractivity contribution is 7.13. The van der Waals surface area contributed by atoms with Crippen LogP contribution in [-0.4, -0.2) is 45.3 Å². The number of carbonyl (C=O) groups is 2. The third kappa shape index (κ3) is 6.81. The van der Waals surface area contributed by atoms with Gasteiger partial charge in [-0.15, -0.1) is 22.7 Å². The summed E-state index contributed by atoms with van der Waals surface area (Å²) in [7, 11) is 0. The van der Waals surface area contributed by atoms with E-state index < -0.39 is 30.3 Å². The molecule has 0 unspecified atom stereocenters. The summed E-state index contributed by atoms with van der Waals surface area (Å²) >= 11 is 2.62. The molecule has 0 aliphatic heterocycles. The van der Waals surface area contributed by atoms with Crippen LogP contribution in [0.1, 0.15) is 31.5 Å². The fraction of sp³-hybridized carbons (Fsp3) is 0.318. The number of pyridine rings is 1. The number of carbonyl (C=O) groups excluding carboxylic acids is 2. The van der Waals surface area contributed by atoms with Crippen LogP contribution in [-0.2, 0) is 20.7 Å². The monoisotopic (exact) mass is 496 g/mol. The maximum Gasteiger partial charge on any atom is 0.408 e. The fourth-order valence-electron chi connectivity index (χ4n) is 2.68. The van der Waals surface area contributed by atoms with Gasteiger partial charge in [0.1, 0.15) is 28.8 Å². The van der Waals surface area contributed by atoms with Crippen molar-refractivity contribution in [3.63, 3.8) is 0 Å². The molecule has 0 bridgehead atoms. The molecular formula is C22H20N6O4S2. The van der Waals surface area contributed by atoms with Crippen molar-refractivity contribution in [1.29, 1.82) is 10.5 Å². The molecular weight excluding hydrogens is 476 g/mol. The van der Waals surface area contributed by atoms with E-state index in [1.165, 1.54) is 22.7 Å². The van der Waals surface area contributed by atoms with Gasteiger partial charge in [0.15, 0.2) is 12.3 Å². The molecule has 1 amide bonds. The van der Waals surface area contributed by atoms with Gasteiger partial charge in [-0.25, -0.2) is 24.5 Å². The van der Waals surface area contributed by atoms with Crippen LogP contribution >= 0.6 is 22.7 Å². The molecule has 0 aliphatic rings. The van der Waals surface area contributed by atoms with E-state index in [9.17, 15) is 9.59 Å². The second kappa shape index (κ2) is 10.8. The van der Waals surface area contributed by atoms with Gasteiger partial charge in [-0.3, -0.25) is 0 Å². The molecule has 174 valence electrons. The minimum Gasteiger partial charge on any atom is -0.449 e. The molecule has 1 atom stereocenters. The zero-order valence-electron chi connectivity index (χ0n) is 18.6. The lowest BCUT2D eigenvalue weighted by Crippen LogP contribution is -2.45. The molecule has 12 heteroatoms. The summed E-state index contributed by atoms with van der Waals surface area (Å²) in [6, 6.07) is 8.05. The van der Waals surface area contributed by atoms with E-state index >= 15 is 0 Å². The van der Waals surface area contributed by atoms with Gasteiger partial charge in [0.2, 0.25) is 0 Å². The number of rotatable bonds is 7. The Morgan fingerprint density at radius 3 is 2.53 bits per heavy atom. The van der Waals surface area contributed by atoms with Crippen molar-refractivity contribution in [2.24, 2.45) is 0 Å². The van der Waals surface area contributed by atoms with E-state index in [1.807, 2.05) is 12.1 Å². The number of hydrogen-bond donors (Lipinski definition) is 1. The Bertz CT molecular complexity index is 1270. The normalized spacial score (nSPS) is 11.7. The van der Waals surface area contributed by atoms with Crippen molar-refractivity contribution in [3.05, 3.63) is 39.7 Å². The number of thiazole rings is 2. The van der Waals surface area contributed by atoms with Gasteiger partial charge in [-0.05, 0) is 32.9 Å². The second-order valence-electron chi connectivity index (χ2n) is 7.85. The molecule has 3 heterocycles. The molecule has 10 nitrogen and oxygen atoms in total. The van der Waals surface area contributed by atoms with Crippen molar-refractivity contribution < 1.29 is 19.1 Å². The number of alkyl carbamates (subject to hydrolysis) is 1. The predicted octanol–water partition coefficient (Wildman–Crippen LogP) is 3.70. The average molecular weight is 497 g/mol. The lowest BCUT2D eigenvalue weighted by Gasteiger charge is -2.22. The minimum atomic E-state index is -1.08. The molecule has 34 heavy (non-hydrogen) atoms. The van der Waals surface area contributed by atoms with Gasteiger partial charge < -0.3 is 14.8 Å². The van der Waals surface area contributed by atoms with Crippen molar-refractivity contribution in [2.75, 3.05) is 6.61 Å². The second-order valence-corrected chi connectivity index (χ2v) is 9.65. The van der Waals surface area contributed by atoms with Crippen LogP contribution in [0.5, 0.6) is 0 Å². The molecule has 0 saturated heterocycles. The summed E-state index contributed by atoms with van der Waals surface area (Å²) in [5, 5.41) is 24.8. The minimum absolute atomic E-state index is 0.0475. The summed E-state index contributed by atoms with van der Waals surface area (Å²) in [5.41, 5.74) is 1.37. The van der Waals surface area contributed by atoms with Crippen LogP contribution in [0.25, 0.3) is 22.1 Å². The van der Waals surface area contributed by atoms with Crippen molar-refractivity contribution >= 4 is 34.7 Å². The van der Waals surface area contributed by atoms with Crippen LogP contribution < -0.4 is 5.32 Å². The molecule has 0 spiro atoms. The Morgan fingerprint density at radius 2 is 1.85 bits per heavy atom. The van der Waals surface area contributed by atoms with E-state index in [4.69, 9.17) is 20.0 Å². The Kier molecular flexibility index (Phi) is 7.89. The summed E-state index contributed by atoms with van der Waals surface area (Å²) in [4.78, 5) is 38.0. The molecule has 0 saturated carbocycles. The number of nitrogens with one attached hydrogen (secondary N) is 1. The number of nitriles is 2. The summed E-state index contributed by atoms with van der Waals surface area (Å²) in [5.74, 6) is -0.763. The first-order valence-electron chi connectivity index (χ1n) is 9.99. The SMILES string of the molecule is CC(C)(C)OC(=O)N[C@@H](Cc1nc(-c2cccc(-c3nc(C#N)cs3)n2)cs1)C(=O)OCC#N. The molecule has 3 aromatic rings. The molecule has 3 aromatic heterocycles. The third-order valence-corrected chi connectivity index (χ3v) is 5.77. The van der Waals surface area contributed by atoms with Crippen LogP contribution in [0.3, 0.4) is 0 Å². The Balaban J connectivity index is 1.78. The van der Waals surface area contributed by atoms with E-state index in [0.29, 0.717) is 32.8 Å². The highest BCUT2D eigenvalue weighted by Crippen LogP contribution is 2.26. The smallest absolute Gasteiger partial charge is 0.408 e. The van der Waals surface area contributed by atoms with Crippen molar-refractivity contribution in [3.8, 4) is 34.2 Å². The molecule has 1 N–H and O–H groups in total. The van der Waals surface area contributed by atoms with E-state index in [2.05, 4.69) is 20.3 Å². The average Bonchev–Trinajstić information content (AvgIpc) is 3.45. The Hall–Kier alpha value is -3.87. The predicted molar refractivity (Wildman–Crippen MR) is 125 cm³/mol. The number of ether oxygens (including phenoxy) is 2. The highest BCUT2D eigenvalue weighted by atomic mass is 32.1. The maximum absolute atomic E-state index is 12.4. The summed E-state index contributed by atoms with van der Waals surface area (Å²) in [6.07, 6.45) is -0.732. The molecule has 3 rings (SSSR count). The number of esters is 1. The van der Waals surface area contributed by atoms with E-state index in [-0.39, 0.29) is 6.42 Å². The maximum atomic E-state index is 12.4. The third-order valence-electron chi connectivity index (χ3n) is 4.03. The number of hydrogen-bond acceptors (Lipinski definition) is 11. The topological polar surface area (TPSA) is 151 Å². The zero-order chi connectivity index (χ0) is 24.7. The Morgan fingerprint density at radius 1 is 1.09 bits per heavy atom. The Labute approximate surface area is 203 Å². The summed E-state index contributed by atoms with van der Waals surface area (Å²) < 4.78 is 10.1. The molecule has 0 aliphatic carbocycles. The van der Waals surface area contributed by atoms with Crippen LogP contribution in [0.15, 0.2) is 29.0 Å². The molecule has 0 aromatic carbocycles. The van der Waals surface area contributed by atoms with Gasteiger partial charge in [-0.2, -0.15) is 10.5 Å². The number of amides is 1. The van der Waals surface area contributed by atoms with Crippen LogP contribution in [0.2, 0.25) is 0 Å². The lowest BCUT2D eigenvalue weighted by atomic mass is 10.2. The largest absolute Gasteiger partial charge is 0.449 e.